The number of hydrogen-bond acceptors (Lipinski definition) is 2. The van der Waals surface area contributed by atoms with Gasteiger partial charge in [-0.15, -0.1) is 0 Å². The van der Waals surface area contributed by atoms with Crippen molar-refractivity contribution in [3.05, 3.63) is 142 Å². The molecule has 0 atom stereocenters. The third-order valence-electron chi connectivity index (χ3n) is 7.33. The van der Waals surface area contributed by atoms with Gasteiger partial charge in [-0.1, -0.05) is 97.1 Å². The maximum Gasteiger partial charge on any atom is 0.0813 e. The molecule has 36 heavy (non-hydrogen) atoms. The van der Waals surface area contributed by atoms with E-state index in [4.69, 9.17) is 0 Å². The summed E-state index contributed by atoms with van der Waals surface area (Å²) in [5.74, 6) is 0. The molecule has 2 aliphatic carbocycles. The van der Waals surface area contributed by atoms with E-state index in [-0.39, 0.29) is 0 Å². The zero-order valence-corrected chi connectivity index (χ0v) is 19.9. The third kappa shape index (κ3) is 3.59. The topological polar surface area (TPSA) is 25.8 Å². The van der Waals surface area contributed by atoms with Gasteiger partial charge in [-0.3, -0.25) is 9.97 Å². The van der Waals surface area contributed by atoms with Gasteiger partial charge in [-0.25, -0.2) is 0 Å². The fourth-order valence-electron chi connectivity index (χ4n) is 5.55. The summed E-state index contributed by atoms with van der Waals surface area (Å²) < 4.78 is 0. The van der Waals surface area contributed by atoms with Crippen LogP contribution in [-0.2, 0) is 12.8 Å². The lowest BCUT2D eigenvalue weighted by molar-refractivity contribution is 1.16. The number of nitrogens with zero attached hydrogens (tertiary/aromatic N) is 2. The summed E-state index contributed by atoms with van der Waals surface area (Å²) in [6.45, 7) is 0. The lowest BCUT2D eigenvalue weighted by atomic mass is 10.0. The molecular weight excluding hydrogens is 436 g/mol. The molecule has 1 heterocycles. The van der Waals surface area contributed by atoms with Crippen LogP contribution in [0.3, 0.4) is 0 Å². The molecule has 0 spiro atoms. The molecule has 7 rings (SSSR count). The molecule has 0 radical (unpaired) electrons. The van der Waals surface area contributed by atoms with Crippen LogP contribution in [0.15, 0.2) is 97.3 Å². The standard InChI is InChI=1S/C34H24N2/c1-3-11-29-25(7-1)19-33-23(9-5-13-31(29)33)15-17-27-21-36-28(22-35-27)18-16-24-10-6-14-32-30-12-4-2-8-26(30)20-34(24)32/h1-18,21-22H,19-20H2. The van der Waals surface area contributed by atoms with Crippen LogP contribution >= 0.6 is 0 Å². The first-order chi connectivity index (χ1) is 17.8. The second-order valence-corrected chi connectivity index (χ2v) is 9.45. The van der Waals surface area contributed by atoms with Crippen LogP contribution in [0.5, 0.6) is 0 Å². The van der Waals surface area contributed by atoms with Crippen molar-refractivity contribution < 1.29 is 0 Å². The highest BCUT2D eigenvalue weighted by molar-refractivity contribution is 5.84. The smallest absolute Gasteiger partial charge is 0.0813 e. The number of aromatic nitrogens is 2. The van der Waals surface area contributed by atoms with Gasteiger partial charge in [0, 0.05) is 0 Å². The minimum Gasteiger partial charge on any atom is -0.253 e. The van der Waals surface area contributed by atoms with E-state index in [0.29, 0.717) is 0 Å². The summed E-state index contributed by atoms with van der Waals surface area (Å²) >= 11 is 0. The maximum absolute atomic E-state index is 4.64. The van der Waals surface area contributed by atoms with E-state index >= 15 is 0 Å². The largest absolute Gasteiger partial charge is 0.253 e. The first kappa shape index (κ1) is 20.8. The Bertz CT molecular complexity index is 1550. The highest BCUT2D eigenvalue weighted by Gasteiger charge is 2.20. The Morgan fingerprint density at radius 3 is 1.36 bits per heavy atom. The number of benzene rings is 4. The van der Waals surface area contributed by atoms with E-state index in [1.54, 1.807) is 0 Å². The summed E-state index contributed by atoms with van der Waals surface area (Å²) in [4.78, 5) is 9.29. The highest BCUT2D eigenvalue weighted by atomic mass is 14.8. The Kier molecular flexibility index (Phi) is 4.96. The van der Waals surface area contributed by atoms with Gasteiger partial charge < -0.3 is 0 Å². The van der Waals surface area contributed by atoms with Crippen LogP contribution < -0.4 is 0 Å². The van der Waals surface area contributed by atoms with Gasteiger partial charge in [0.15, 0.2) is 0 Å². The predicted molar refractivity (Wildman–Crippen MR) is 149 cm³/mol. The van der Waals surface area contributed by atoms with Crippen LogP contribution in [0.1, 0.15) is 44.8 Å². The molecule has 4 aromatic carbocycles. The summed E-state index contributed by atoms with van der Waals surface area (Å²) in [6, 6.07) is 30.4. The number of rotatable bonds is 4. The molecule has 0 N–H and O–H groups in total. The van der Waals surface area contributed by atoms with Gasteiger partial charge in [0.25, 0.3) is 0 Å². The molecule has 1 aromatic heterocycles. The molecule has 0 amide bonds. The average molecular weight is 461 g/mol. The van der Waals surface area contributed by atoms with Crippen LogP contribution in [-0.4, -0.2) is 9.97 Å². The third-order valence-corrected chi connectivity index (χ3v) is 7.33. The molecule has 0 fully saturated rings. The molecule has 2 aliphatic rings. The van der Waals surface area contributed by atoms with Crippen LogP contribution in [0.25, 0.3) is 46.6 Å². The van der Waals surface area contributed by atoms with E-state index in [1.165, 1.54) is 55.6 Å². The minimum atomic E-state index is 0.858. The summed E-state index contributed by atoms with van der Waals surface area (Å²) in [7, 11) is 0. The van der Waals surface area contributed by atoms with Gasteiger partial charge in [-0.2, -0.15) is 0 Å². The van der Waals surface area contributed by atoms with E-state index in [9.17, 15) is 0 Å². The van der Waals surface area contributed by atoms with E-state index in [2.05, 4.69) is 119 Å². The monoisotopic (exact) mass is 460 g/mol. The Morgan fingerprint density at radius 1 is 0.444 bits per heavy atom. The molecule has 0 saturated heterocycles. The van der Waals surface area contributed by atoms with Gasteiger partial charge in [0.05, 0.1) is 23.8 Å². The van der Waals surface area contributed by atoms with Crippen LogP contribution in [0, 0.1) is 0 Å². The number of hydrogen-bond donors (Lipinski definition) is 0. The van der Waals surface area contributed by atoms with Crippen molar-refractivity contribution in [2.45, 2.75) is 12.8 Å². The van der Waals surface area contributed by atoms with Gasteiger partial charge >= 0.3 is 0 Å². The Morgan fingerprint density at radius 2 is 0.889 bits per heavy atom. The van der Waals surface area contributed by atoms with E-state index in [0.717, 1.165) is 24.2 Å². The van der Waals surface area contributed by atoms with Gasteiger partial charge in [0.2, 0.25) is 0 Å². The summed E-state index contributed by atoms with van der Waals surface area (Å²) in [5.41, 5.74) is 15.2. The molecular formula is C34H24N2. The summed E-state index contributed by atoms with van der Waals surface area (Å²) in [5, 5.41) is 0. The molecule has 0 saturated carbocycles. The Labute approximate surface area is 211 Å². The Hall–Kier alpha value is -4.56. The van der Waals surface area contributed by atoms with Crippen molar-refractivity contribution in [1.29, 1.82) is 0 Å². The van der Waals surface area contributed by atoms with Crippen molar-refractivity contribution in [3.63, 3.8) is 0 Å². The van der Waals surface area contributed by atoms with E-state index < -0.39 is 0 Å². The highest BCUT2D eigenvalue weighted by Crippen LogP contribution is 2.39. The minimum absolute atomic E-state index is 0.858. The van der Waals surface area contributed by atoms with Gasteiger partial charge in [-0.05, 0) is 80.6 Å². The van der Waals surface area contributed by atoms with Crippen LogP contribution in [0.2, 0.25) is 0 Å². The average Bonchev–Trinajstić information content (AvgIpc) is 3.50. The maximum atomic E-state index is 4.64. The fraction of sp³-hybridized carbons (Fsp3) is 0.0588. The zero-order chi connectivity index (χ0) is 23.9. The molecule has 0 bridgehead atoms. The normalized spacial score (nSPS) is 13.1. The second-order valence-electron chi connectivity index (χ2n) is 9.45. The first-order valence-electron chi connectivity index (χ1n) is 12.4. The number of fused-ring (bicyclic) bond motifs is 6. The van der Waals surface area contributed by atoms with Crippen molar-refractivity contribution >= 4 is 24.3 Å². The van der Waals surface area contributed by atoms with E-state index in [1.807, 2.05) is 12.4 Å². The lowest BCUT2D eigenvalue weighted by Crippen LogP contribution is -1.89. The van der Waals surface area contributed by atoms with Crippen molar-refractivity contribution in [2.24, 2.45) is 0 Å². The fourth-order valence-corrected chi connectivity index (χ4v) is 5.55. The molecule has 2 heteroatoms. The molecule has 0 aliphatic heterocycles. The van der Waals surface area contributed by atoms with Crippen molar-refractivity contribution in [3.8, 4) is 22.3 Å². The molecule has 170 valence electrons. The van der Waals surface area contributed by atoms with Gasteiger partial charge in [0.1, 0.15) is 0 Å². The second kappa shape index (κ2) is 8.58. The van der Waals surface area contributed by atoms with Crippen molar-refractivity contribution in [1.82, 2.24) is 9.97 Å². The quantitative estimate of drug-likeness (QED) is 0.266. The first-order valence-corrected chi connectivity index (χ1v) is 12.4. The van der Waals surface area contributed by atoms with Crippen LogP contribution in [0.4, 0.5) is 0 Å². The lowest BCUT2D eigenvalue weighted by Gasteiger charge is -2.05. The Balaban J connectivity index is 1.10. The SMILES string of the molecule is C(=Cc1cccc2c1Cc1ccccc1-2)c1cnc(C=Cc2cccc3c2Cc2ccccc2-3)cn1. The molecule has 2 nitrogen and oxygen atoms in total. The predicted octanol–water partition coefficient (Wildman–Crippen LogP) is 7.96. The zero-order valence-electron chi connectivity index (χ0n) is 19.9. The summed E-state index contributed by atoms with van der Waals surface area (Å²) in [6.07, 6.45) is 14.1. The molecule has 5 aromatic rings. The molecule has 0 unspecified atom stereocenters. The van der Waals surface area contributed by atoms with Crippen molar-refractivity contribution in [2.75, 3.05) is 0 Å².